The highest BCUT2D eigenvalue weighted by Crippen LogP contribution is 2.19. The SMILES string of the molecule is CCn1c(-c2ccc(C)o2)n[nH]c1=S. The van der Waals surface area contributed by atoms with Crippen LogP contribution in [0.1, 0.15) is 12.7 Å². The van der Waals surface area contributed by atoms with Gasteiger partial charge in [0.25, 0.3) is 0 Å². The molecule has 2 aromatic rings. The van der Waals surface area contributed by atoms with Crippen molar-refractivity contribution in [2.45, 2.75) is 20.4 Å². The van der Waals surface area contributed by atoms with Crippen LogP contribution in [0.25, 0.3) is 11.6 Å². The zero-order valence-corrected chi connectivity index (χ0v) is 8.89. The highest BCUT2D eigenvalue weighted by Gasteiger charge is 2.10. The molecular formula is C9H11N3OS. The van der Waals surface area contributed by atoms with Crippen molar-refractivity contribution < 1.29 is 4.42 Å². The average molecular weight is 209 g/mol. The van der Waals surface area contributed by atoms with E-state index in [-0.39, 0.29) is 0 Å². The number of aromatic amines is 1. The van der Waals surface area contributed by atoms with Gasteiger partial charge >= 0.3 is 0 Å². The van der Waals surface area contributed by atoms with Gasteiger partial charge in [0.2, 0.25) is 0 Å². The van der Waals surface area contributed by atoms with Crippen LogP contribution in [0.3, 0.4) is 0 Å². The van der Waals surface area contributed by atoms with Crippen molar-refractivity contribution in [3.8, 4) is 11.6 Å². The molecular weight excluding hydrogens is 198 g/mol. The lowest BCUT2D eigenvalue weighted by molar-refractivity contribution is 0.539. The number of rotatable bonds is 2. The largest absolute Gasteiger partial charge is 0.458 e. The molecule has 0 spiro atoms. The van der Waals surface area contributed by atoms with Gasteiger partial charge in [0, 0.05) is 6.54 Å². The summed E-state index contributed by atoms with van der Waals surface area (Å²) in [6.45, 7) is 4.70. The zero-order valence-electron chi connectivity index (χ0n) is 8.07. The number of H-pyrrole nitrogens is 1. The van der Waals surface area contributed by atoms with Gasteiger partial charge in [-0.1, -0.05) is 0 Å². The van der Waals surface area contributed by atoms with Crippen LogP contribution in [0, 0.1) is 11.7 Å². The van der Waals surface area contributed by atoms with Gasteiger partial charge in [-0.3, -0.25) is 9.67 Å². The molecule has 74 valence electrons. The van der Waals surface area contributed by atoms with E-state index in [1.807, 2.05) is 30.5 Å². The lowest BCUT2D eigenvalue weighted by Crippen LogP contribution is -1.96. The fraction of sp³-hybridized carbons (Fsp3) is 0.333. The molecule has 0 amide bonds. The maximum absolute atomic E-state index is 5.48. The Kier molecular flexibility index (Phi) is 2.25. The molecule has 14 heavy (non-hydrogen) atoms. The number of hydrogen-bond acceptors (Lipinski definition) is 3. The van der Waals surface area contributed by atoms with E-state index >= 15 is 0 Å². The van der Waals surface area contributed by atoms with Gasteiger partial charge in [0.05, 0.1) is 0 Å². The van der Waals surface area contributed by atoms with Crippen molar-refractivity contribution in [2.24, 2.45) is 0 Å². The summed E-state index contributed by atoms with van der Waals surface area (Å²) in [7, 11) is 0. The molecule has 2 rings (SSSR count). The van der Waals surface area contributed by atoms with Crippen molar-refractivity contribution in [3.05, 3.63) is 22.7 Å². The minimum Gasteiger partial charge on any atom is -0.458 e. The van der Waals surface area contributed by atoms with Crippen LogP contribution in [-0.4, -0.2) is 14.8 Å². The van der Waals surface area contributed by atoms with Gasteiger partial charge in [0.15, 0.2) is 16.4 Å². The predicted molar refractivity (Wildman–Crippen MR) is 55.5 cm³/mol. The van der Waals surface area contributed by atoms with Gasteiger partial charge in [-0.25, -0.2) is 0 Å². The molecule has 5 heteroatoms. The molecule has 0 aromatic carbocycles. The lowest BCUT2D eigenvalue weighted by atomic mass is 10.4. The first-order valence-electron chi connectivity index (χ1n) is 4.44. The summed E-state index contributed by atoms with van der Waals surface area (Å²) in [5, 5.41) is 6.87. The Labute approximate surface area is 86.6 Å². The summed E-state index contributed by atoms with van der Waals surface area (Å²) in [6.07, 6.45) is 0. The Hall–Kier alpha value is -1.36. The highest BCUT2D eigenvalue weighted by molar-refractivity contribution is 7.71. The fourth-order valence-corrected chi connectivity index (χ4v) is 1.62. The van der Waals surface area contributed by atoms with Gasteiger partial charge in [-0.2, -0.15) is 5.10 Å². The third kappa shape index (κ3) is 1.39. The Bertz CT molecular complexity index is 494. The number of hydrogen-bond donors (Lipinski definition) is 1. The Morgan fingerprint density at radius 3 is 2.93 bits per heavy atom. The average Bonchev–Trinajstić information content (AvgIpc) is 2.71. The molecule has 0 saturated heterocycles. The number of aryl methyl sites for hydroxylation is 1. The summed E-state index contributed by atoms with van der Waals surface area (Å²) >= 11 is 5.08. The topological polar surface area (TPSA) is 46.8 Å². The van der Waals surface area contributed by atoms with E-state index in [9.17, 15) is 0 Å². The van der Waals surface area contributed by atoms with E-state index in [1.165, 1.54) is 0 Å². The molecule has 4 nitrogen and oxygen atoms in total. The fourth-order valence-electron chi connectivity index (χ4n) is 1.35. The first-order valence-corrected chi connectivity index (χ1v) is 4.85. The zero-order chi connectivity index (χ0) is 10.1. The monoisotopic (exact) mass is 209 g/mol. The van der Waals surface area contributed by atoms with E-state index in [0.29, 0.717) is 4.77 Å². The Morgan fingerprint density at radius 1 is 1.57 bits per heavy atom. The number of furan rings is 1. The molecule has 0 aliphatic carbocycles. The van der Waals surface area contributed by atoms with Crippen LogP contribution in [-0.2, 0) is 6.54 Å². The van der Waals surface area contributed by atoms with Crippen LogP contribution >= 0.6 is 12.2 Å². The van der Waals surface area contributed by atoms with E-state index in [0.717, 1.165) is 23.9 Å². The third-order valence-electron chi connectivity index (χ3n) is 2.04. The summed E-state index contributed by atoms with van der Waals surface area (Å²) in [6, 6.07) is 3.81. The maximum Gasteiger partial charge on any atom is 0.198 e. The first kappa shape index (κ1) is 9.21. The second kappa shape index (κ2) is 3.42. The molecule has 0 fully saturated rings. The molecule has 2 aromatic heterocycles. The predicted octanol–water partition coefficient (Wildman–Crippen LogP) is 2.53. The summed E-state index contributed by atoms with van der Waals surface area (Å²) < 4.78 is 7.99. The van der Waals surface area contributed by atoms with E-state index in [2.05, 4.69) is 10.2 Å². The molecule has 0 saturated carbocycles. The molecule has 1 N–H and O–H groups in total. The summed E-state index contributed by atoms with van der Waals surface area (Å²) in [4.78, 5) is 0. The summed E-state index contributed by atoms with van der Waals surface area (Å²) in [5.74, 6) is 2.37. The quantitative estimate of drug-likeness (QED) is 0.773. The normalized spacial score (nSPS) is 10.7. The maximum atomic E-state index is 5.48. The number of aromatic nitrogens is 3. The second-order valence-electron chi connectivity index (χ2n) is 3.01. The minimum atomic E-state index is 0.622. The molecule has 0 aliphatic rings. The van der Waals surface area contributed by atoms with Crippen molar-refractivity contribution in [3.63, 3.8) is 0 Å². The van der Waals surface area contributed by atoms with E-state index in [1.54, 1.807) is 0 Å². The van der Waals surface area contributed by atoms with Gasteiger partial charge in [-0.05, 0) is 38.2 Å². The Balaban J connectivity index is 2.56. The van der Waals surface area contributed by atoms with Crippen LogP contribution in [0.5, 0.6) is 0 Å². The molecule has 0 bridgehead atoms. The molecule has 2 heterocycles. The molecule has 0 aliphatic heterocycles. The van der Waals surface area contributed by atoms with Gasteiger partial charge < -0.3 is 4.42 Å². The van der Waals surface area contributed by atoms with Crippen molar-refractivity contribution >= 4 is 12.2 Å². The Morgan fingerprint density at radius 2 is 2.36 bits per heavy atom. The van der Waals surface area contributed by atoms with E-state index in [4.69, 9.17) is 16.6 Å². The second-order valence-corrected chi connectivity index (χ2v) is 3.39. The third-order valence-corrected chi connectivity index (χ3v) is 2.35. The smallest absolute Gasteiger partial charge is 0.198 e. The van der Waals surface area contributed by atoms with Crippen molar-refractivity contribution in [1.29, 1.82) is 0 Å². The van der Waals surface area contributed by atoms with Crippen LogP contribution < -0.4 is 0 Å². The van der Waals surface area contributed by atoms with Crippen LogP contribution in [0.4, 0.5) is 0 Å². The van der Waals surface area contributed by atoms with Gasteiger partial charge in [-0.15, -0.1) is 0 Å². The first-order chi connectivity index (χ1) is 6.72. The summed E-state index contributed by atoms with van der Waals surface area (Å²) in [5.41, 5.74) is 0. The molecule has 0 atom stereocenters. The van der Waals surface area contributed by atoms with Crippen molar-refractivity contribution in [1.82, 2.24) is 14.8 Å². The molecule has 0 unspecified atom stereocenters. The lowest BCUT2D eigenvalue weighted by Gasteiger charge is -1.98. The molecule has 0 radical (unpaired) electrons. The van der Waals surface area contributed by atoms with Crippen molar-refractivity contribution in [2.75, 3.05) is 0 Å². The number of nitrogens with one attached hydrogen (secondary N) is 1. The van der Waals surface area contributed by atoms with Crippen LogP contribution in [0.2, 0.25) is 0 Å². The minimum absolute atomic E-state index is 0.622. The van der Waals surface area contributed by atoms with Gasteiger partial charge in [0.1, 0.15) is 5.76 Å². The highest BCUT2D eigenvalue weighted by atomic mass is 32.1. The van der Waals surface area contributed by atoms with E-state index < -0.39 is 0 Å². The number of nitrogens with zero attached hydrogens (tertiary/aromatic N) is 2. The standard InChI is InChI=1S/C9H11N3OS/c1-3-12-8(10-11-9(12)14)7-5-4-6(2)13-7/h4-5H,3H2,1-2H3,(H,11,14). The van der Waals surface area contributed by atoms with Crippen LogP contribution in [0.15, 0.2) is 16.5 Å².